The Kier molecular flexibility index (Phi) is 7.33. The van der Waals surface area contributed by atoms with Gasteiger partial charge in [0.25, 0.3) is 5.56 Å². The van der Waals surface area contributed by atoms with Gasteiger partial charge in [0.05, 0.1) is 15.8 Å². The molecule has 0 spiro atoms. The van der Waals surface area contributed by atoms with Gasteiger partial charge in [0.15, 0.2) is 5.60 Å². The average molecular weight is 612 g/mol. The molecule has 1 aliphatic heterocycles. The fraction of sp³-hybridized carbons (Fsp3) is 0.310. The van der Waals surface area contributed by atoms with Crippen molar-refractivity contribution in [3.8, 4) is 11.5 Å². The van der Waals surface area contributed by atoms with Gasteiger partial charge in [-0.25, -0.2) is 4.79 Å². The van der Waals surface area contributed by atoms with Gasteiger partial charge in [0.1, 0.15) is 6.61 Å². The van der Waals surface area contributed by atoms with Gasteiger partial charge < -0.3 is 9.84 Å². The largest absolute Gasteiger partial charge is 0.458 e. The SMILES string of the molecule is CC[C@@]1(O)C(=O)OCc2c1cc(I)n(CC#C[Si](c1ccccc1)(c1ccccc1)C(C)(C)C)c2=O. The molecule has 2 aromatic carbocycles. The van der Waals surface area contributed by atoms with Crippen molar-refractivity contribution in [2.24, 2.45) is 0 Å². The predicted molar refractivity (Wildman–Crippen MR) is 153 cm³/mol. The normalized spacial score (nSPS) is 17.6. The number of aliphatic hydroxyl groups is 1. The lowest BCUT2D eigenvalue weighted by Gasteiger charge is -2.39. The van der Waals surface area contributed by atoms with Crippen LogP contribution in [0.3, 0.4) is 0 Å². The van der Waals surface area contributed by atoms with Crippen molar-refractivity contribution >= 4 is 47.0 Å². The minimum absolute atomic E-state index is 0.123. The second kappa shape index (κ2) is 10.00. The smallest absolute Gasteiger partial charge is 0.343 e. The second-order valence-electron chi connectivity index (χ2n) is 10.1. The number of rotatable bonds is 4. The summed E-state index contributed by atoms with van der Waals surface area (Å²) in [5.41, 5.74) is 2.28. The molecule has 3 aromatic rings. The Bertz CT molecular complexity index is 1360. The maximum absolute atomic E-state index is 13.4. The number of esters is 1. The van der Waals surface area contributed by atoms with Crippen molar-refractivity contribution in [2.75, 3.05) is 0 Å². The molecular weight excluding hydrogens is 581 g/mol. The second-order valence-corrected chi connectivity index (χ2v) is 15.6. The average Bonchev–Trinajstić information content (AvgIpc) is 2.86. The van der Waals surface area contributed by atoms with Crippen LogP contribution in [0.4, 0.5) is 0 Å². The number of nitrogens with zero attached hydrogens (tertiary/aromatic N) is 1. The van der Waals surface area contributed by atoms with Gasteiger partial charge >= 0.3 is 5.97 Å². The van der Waals surface area contributed by atoms with E-state index in [0.29, 0.717) is 14.8 Å². The Balaban J connectivity index is 1.85. The summed E-state index contributed by atoms with van der Waals surface area (Å²) < 4.78 is 7.39. The Hall–Kier alpha value is -2.67. The van der Waals surface area contributed by atoms with Gasteiger partial charge in [-0.1, -0.05) is 94.3 Å². The summed E-state index contributed by atoms with van der Waals surface area (Å²) in [6, 6.07) is 22.6. The van der Waals surface area contributed by atoms with E-state index in [1.165, 1.54) is 10.4 Å². The molecule has 0 fully saturated rings. The van der Waals surface area contributed by atoms with Crippen LogP contribution in [0.1, 0.15) is 45.2 Å². The van der Waals surface area contributed by atoms with Crippen LogP contribution in [-0.2, 0) is 28.3 Å². The van der Waals surface area contributed by atoms with Crippen molar-refractivity contribution in [3.63, 3.8) is 0 Å². The van der Waals surface area contributed by atoms with Crippen LogP contribution in [0.25, 0.3) is 0 Å². The molecule has 186 valence electrons. The number of fused-ring (bicyclic) bond motifs is 1. The highest BCUT2D eigenvalue weighted by Gasteiger charge is 2.47. The maximum atomic E-state index is 13.4. The molecule has 7 heteroatoms. The first-order valence-corrected chi connectivity index (χ1v) is 15.1. The maximum Gasteiger partial charge on any atom is 0.343 e. The fourth-order valence-electron chi connectivity index (χ4n) is 5.01. The zero-order chi connectivity index (χ0) is 26.1. The third-order valence-corrected chi connectivity index (χ3v) is 13.1. The molecule has 0 amide bonds. The highest BCUT2D eigenvalue weighted by atomic mass is 127. The highest BCUT2D eigenvalue weighted by Crippen LogP contribution is 2.36. The van der Waals surface area contributed by atoms with E-state index in [4.69, 9.17) is 4.74 Å². The number of benzene rings is 2. The van der Waals surface area contributed by atoms with E-state index >= 15 is 0 Å². The molecule has 36 heavy (non-hydrogen) atoms. The number of aromatic nitrogens is 1. The lowest BCUT2D eigenvalue weighted by molar-refractivity contribution is -0.172. The molecule has 2 heterocycles. The molecule has 1 N–H and O–H groups in total. The lowest BCUT2D eigenvalue weighted by atomic mass is 9.87. The predicted octanol–water partition coefficient (Wildman–Crippen LogP) is 3.71. The van der Waals surface area contributed by atoms with E-state index in [-0.39, 0.29) is 30.2 Å². The number of pyridine rings is 1. The number of ether oxygens (including phenoxy) is 1. The zero-order valence-corrected chi connectivity index (χ0v) is 24.1. The van der Waals surface area contributed by atoms with Gasteiger partial charge in [0.2, 0.25) is 8.07 Å². The van der Waals surface area contributed by atoms with Crippen LogP contribution in [-0.4, -0.2) is 23.7 Å². The minimum atomic E-state index is -2.59. The molecule has 1 aliphatic rings. The van der Waals surface area contributed by atoms with Crippen LogP contribution in [0, 0.1) is 15.2 Å². The first-order valence-electron chi connectivity index (χ1n) is 12.0. The van der Waals surface area contributed by atoms with E-state index in [1.807, 2.05) is 12.1 Å². The van der Waals surface area contributed by atoms with Crippen LogP contribution < -0.4 is 15.9 Å². The Morgan fingerprint density at radius 2 is 1.61 bits per heavy atom. The van der Waals surface area contributed by atoms with Crippen LogP contribution in [0.15, 0.2) is 71.5 Å². The van der Waals surface area contributed by atoms with Gasteiger partial charge in [-0.3, -0.25) is 9.36 Å². The Morgan fingerprint density at radius 3 is 2.11 bits per heavy atom. The number of carbonyl (C=O) groups is 1. The molecule has 1 aromatic heterocycles. The first kappa shape index (κ1) is 26.4. The standard InChI is InChI=1S/C29H30INO4Si/c1-5-29(34)24-19-25(30)31(26(32)23(24)20-35-27(29)33)17-12-18-36(28(2,3)4,21-13-8-6-9-14-21)22-15-10-7-11-16-22/h6-11,13-16,19,34H,5,17,20H2,1-4H3/t29-/m0/s1. The minimum Gasteiger partial charge on any atom is -0.458 e. The topological polar surface area (TPSA) is 68.5 Å². The third kappa shape index (κ3) is 4.36. The van der Waals surface area contributed by atoms with Crippen molar-refractivity contribution in [1.82, 2.24) is 4.57 Å². The molecule has 5 nitrogen and oxygen atoms in total. The summed E-state index contributed by atoms with van der Waals surface area (Å²) in [7, 11) is -2.59. The summed E-state index contributed by atoms with van der Waals surface area (Å²) in [5, 5.41) is 13.2. The van der Waals surface area contributed by atoms with Gasteiger partial charge in [-0.2, -0.15) is 0 Å². The van der Waals surface area contributed by atoms with E-state index in [9.17, 15) is 14.7 Å². The summed E-state index contributed by atoms with van der Waals surface area (Å²) in [6.07, 6.45) is 0.131. The molecule has 1 atom stereocenters. The molecule has 0 radical (unpaired) electrons. The Morgan fingerprint density at radius 1 is 1.06 bits per heavy atom. The van der Waals surface area contributed by atoms with Gasteiger partial charge in [-0.05, 0) is 50.5 Å². The molecule has 0 saturated carbocycles. The third-order valence-electron chi connectivity index (χ3n) is 7.04. The number of hydrogen-bond acceptors (Lipinski definition) is 4. The van der Waals surface area contributed by atoms with Crippen molar-refractivity contribution in [2.45, 2.75) is 57.9 Å². The lowest BCUT2D eigenvalue weighted by Crippen LogP contribution is -2.63. The number of halogens is 1. The van der Waals surface area contributed by atoms with Crippen molar-refractivity contribution < 1.29 is 14.6 Å². The first-order chi connectivity index (χ1) is 17.1. The van der Waals surface area contributed by atoms with E-state index in [1.54, 1.807) is 17.6 Å². The quantitative estimate of drug-likeness (QED) is 0.161. The summed E-state index contributed by atoms with van der Waals surface area (Å²) >= 11 is 2.08. The van der Waals surface area contributed by atoms with Crippen LogP contribution in [0.2, 0.25) is 5.04 Å². The highest BCUT2D eigenvalue weighted by molar-refractivity contribution is 14.1. The van der Waals surface area contributed by atoms with E-state index in [2.05, 4.69) is 103 Å². The van der Waals surface area contributed by atoms with E-state index < -0.39 is 19.6 Å². The summed E-state index contributed by atoms with van der Waals surface area (Å²) in [4.78, 5) is 25.7. The monoisotopic (exact) mass is 611 g/mol. The van der Waals surface area contributed by atoms with Crippen molar-refractivity contribution in [1.29, 1.82) is 0 Å². The Labute approximate surface area is 226 Å². The summed E-state index contributed by atoms with van der Waals surface area (Å²) in [5.74, 6) is 2.67. The molecule has 0 unspecified atom stereocenters. The number of hydrogen-bond donors (Lipinski definition) is 1. The molecular formula is C29H30INO4Si. The molecule has 4 rings (SSSR count). The van der Waals surface area contributed by atoms with Gasteiger partial charge in [0, 0.05) is 5.56 Å². The van der Waals surface area contributed by atoms with Gasteiger partial charge in [-0.15, -0.1) is 5.54 Å². The fourth-order valence-corrected chi connectivity index (χ4v) is 10.2. The van der Waals surface area contributed by atoms with E-state index in [0.717, 1.165) is 0 Å². The molecule has 0 bridgehead atoms. The van der Waals surface area contributed by atoms with Crippen LogP contribution >= 0.6 is 22.6 Å². The molecule has 0 saturated heterocycles. The number of carbonyl (C=O) groups excluding carboxylic acids is 1. The zero-order valence-electron chi connectivity index (χ0n) is 21.0. The van der Waals surface area contributed by atoms with Crippen molar-refractivity contribution in [3.05, 3.63) is 91.9 Å². The molecule has 0 aliphatic carbocycles. The number of cyclic esters (lactones) is 1. The van der Waals surface area contributed by atoms with Crippen LogP contribution in [0.5, 0.6) is 0 Å². The summed E-state index contributed by atoms with van der Waals surface area (Å²) in [6.45, 7) is 8.47.